The minimum absolute atomic E-state index is 0.00590. The van der Waals surface area contributed by atoms with E-state index < -0.39 is 0 Å². The van der Waals surface area contributed by atoms with Crippen LogP contribution in [0.5, 0.6) is 5.75 Å². The Morgan fingerprint density at radius 1 is 1.27 bits per heavy atom. The molecule has 0 radical (unpaired) electrons. The van der Waals surface area contributed by atoms with Crippen LogP contribution in [0.4, 0.5) is 0 Å². The van der Waals surface area contributed by atoms with Crippen LogP contribution in [-0.2, 0) is 9.59 Å². The molecule has 1 aliphatic heterocycles. The van der Waals surface area contributed by atoms with Crippen molar-refractivity contribution in [2.24, 2.45) is 5.92 Å². The summed E-state index contributed by atoms with van der Waals surface area (Å²) in [5, 5.41) is 2.95. The van der Waals surface area contributed by atoms with Gasteiger partial charge in [-0.1, -0.05) is 32.9 Å². The Hall–Kier alpha value is -2.04. The highest BCUT2D eigenvalue weighted by atomic mass is 16.5. The maximum atomic E-state index is 12.5. The van der Waals surface area contributed by atoms with Gasteiger partial charge in [0.15, 0.2) is 6.61 Å². The SMILES string of the molecule is CCCNC(=O)C1CCN(C(=O)COc2cc(C)ccc2C(C)C)CC1. The molecule has 1 saturated heterocycles. The first-order valence-corrected chi connectivity index (χ1v) is 9.71. The number of rotatable bonds is 7. The summed E-state index contributed by atoms with van der Waals surface area (Å²) in [7, 11) is 0. The van der Waals surface area contributed by atoms with Gasteiger partial charge in [-0.2, -0.15) is 0 Å². The average molecular weight is 360 g/mol. The fourth-order valence-electron chi connectivity index (χ4n) is 3.26. The smallest absolute Gasteiger partial charge is 0.260 e. The van der Waals surface area contributed by atoms with Crippen molar-refractivity contribution in [2.75, 3.05) is 26.2 Å². The number of likely N-dealkylation sites (tertiary alicyclic amines) is 1. The van der Waals surface area contributed by atoms with Crippen molar-refractivity contribution in [1.29, 1.82) is 0 Å². The topological polar surface area (TPSA) is 58.6 Å². The van der Waals surface area contributed by atoms with E-state index in [0.29, 0.717) is 19.0 Å². The zero-order chi connectivity index (χ0) is 19.1. The van der Waals surface area contributed by atoms with Crippen molar-refractivity contribution >= 4 is 11.8 Å². The summed E-state index contributed by atoms with van der Waals surface area (Å²) in [5.41, 5.74) is 2.24. The molecule has 0 spiro atoms. The Balaban J connectivity index is 1.85. The van der Waals surface area contributed by atoms with E-state index in [9.17, 15) is 9.59 Å². The van der Waals surface area contributed by atoms with Crippen molar-refractivity contribution in [2.45, 2.75) is 52.9 Å². The van der Waals surface area contributed by atoms with Gasteiger partial charge in [-0.05, 0) is 49.3 Å². The highest BCUT2D eigenvalue weighted by Gasteiger charge is 2.27. The standard InChI is InChI=1S/C21H32N2O3/c1-5-10-22-21(25)17-8-11-23(12-9-17)20(24)14-26-19-13-16(4)6-7-18(19)15(2)3/h6-7,13,15,17H,5,8-12,14H2,1-4H3,(H,22,25). The number of carbonyl (C=O) groups excluding carboxylic acids is 2. The predicted octanol–water partition coefficient (Wildman–Crippen LogP) is 3.26. The minimum atomic E-state index is -0.00590. The number of carbonyl (C=O) groups is 2. The summed E-state index contributed by atoms with van der Waals surface area (Å²) in [4.78, 5) is 26.3. The van der Waals surface area contributed by atoms with E-state index in [2.05, 4.69) is 31.3 Å². The second-order valence-corrected chi connectivity index (χ2v) is 7.43. The maximum absolute atomic E-state index is 12.5. The first-order chi connectivity index (χ1) is 12.4. The number of hydrogen-bond acceptors (Lipinski definition) is 3. The Bertz CT molecular complexity index is 620. The van der Waals surface area contributed by atoms with Crippen molar-refractivity contribution in [3.05, 3.63) is 29.3 Å². The van der Waals surface area contributed by atoms with Crippen LogP contribution in [0.3, 0.4) is 0 Å². The summed E-state index contributed by atoms with van der Waals surface area (Å²) in [6.45, 7) is 10.3. The van der Waals surface area contributed by atoms with E-state index >= 15 is 0 Å². The lowest BCUT2D eigenvalue weighted by atomic mass is 9.96. The van der Waals surface area contributed by atoms with Crippen molar-refractivity contribution in [3.8, 4) is 5.75 Å². The molecular weight excluding hydrogens is 328 g/mol. The summed E-state index contributed by atoms with van der Waals surface area (Å²) < 4.78 is 5.85. The number of amides is 2. The Morgan fingerprint density at radius 2 is 1.96 bits per heavy atom. The lowest BCUT2D eigenvalue weighted by Gasteiger charge is -2.31. The molecule has 5 heteroatoms. The van der Waals surface area contributed by atoms with Crippen LogP contribution in [-0.4, -0.2) is 43.0 Å². The van der Waals surface area contributed by atoms with E-state index in [-0.39, 0.29) is 24.3 Å². The summed E-state index contributed by atoms with van der Waals surface area (Å²) in [5.74, 6) is 1.28. The fraction of sp³-hybridized carbons (Fsp3) is 0.619. The first kappa shape index (κ1) is 20.3. The number of aryl methyl sites for hydroxylation is 1. The van der Waals surface area contributed by atoms with Gasteiger partial charge in [0.25, 0.3) is 5.91 Å². The lowest BCUT2D eigenvalue weighted by Crippen LogP contribution is -2.44. The van der Waals surface area contributed by atoms with E-state index in [1.54, 1.807) is 0 Å². The third kappa shape index (κ3) is 5.48. The second kappa shape index (κ2) is 9.60. The molecule has 144 valence electrons. The number of nitrogens with zero attached hydrogens (tertiary/aromatic N) is 1. The van der Waals surface area contributed by atoms with Gasteiger partial charge < -0.3 is 15.0 Å². The molecule has 2 rings (SSSR count). The predicted molar refractivity (Wildman–Crippen MR) is 103 cm³/mol. The third-order valence-corrected chi connectivity index (χ3v) is 4.91. The van der Waals surface area contributed by atoms with Gasteiger partial charge in [0.05, 0.1) is 0 Å². The zero-order valence-electron chi connectivity index (χ0n) is 16.5. The van der Waals surface area contributed by atoms with Crippen LogP contribution in [0.25, 0.3) is 0 Å². The third-order valence-electron chi connectivity index (χ3n) is 4.91. The summed E-state index contributed by atoms with van der Waals surface area (Å²) in [6.07, 6.45) is 2.39. The molecule has 1 aromatic carbocycles. The molecule has 1 aromatic rings. The van der Waals surface area contributed by atoms with Crippen LogP contribution in [0.1, 0.15) is 57.1 Å². The van der Waals surface area contributed by atoms with Crippen LogP contribution in [0.15, 0.2) is 18.2 Å². The number of ether oxygens (including phenoxy) is 1. The molecule has 1 N–H and O–H groups in total. The highest BCUT2D eigenvalue weighted by molar-refractivity contribution is 5.80. The molecule has 0 atom stereocenters. The molecule has 26 heavy (non-hydrogen) atoms. The van der Waals surface area contributed by atoms with Gasteiger partial charge in [-0.15, -0.1) is 0 Å². The molecule has 0 unspecified atom stereocenters. The van der Waals surface area contributed by atoms with E-state index in [4.69, 9.17) is 4.74 Å². The Morgan fingerprint density at radius 3 is 2.58 bits per heavy atom. The molecule has 1 fully saturated rings. The molecule has 0 saturated carbocycles. The number of benzene rings is 1. The van der Waals surface area contributed by atoms with Crippen LogP contribution in [0, 0.1) is 12.8 Å². The minimum Gasteiger partial charge on any atom is -0.483 e. The fourth-order valence-corrected chi connectivity index (χ4v) is 3.26. The second-order valence-electron chi connectivity index (χ2n) is 7.43. The Labute approximate surface area is 157 Å². The van der Waals surface area contributed by atoms with Crippen LogP contribution in [0.2, 0.25) is 0 Å². The number of hydrogen-bond donors (Lipinski definition) is 1. The molecule has 2 amide bonds. The van der Waals surface area contributed by atoms with Gasteiger partial charge in [0.1, 0.15) is 5.75 Å². The summed E-state index contributed by atoms with van der Waals surface area (Å²) in [6, 6.07) is 6.13. The largest absolute Gasteiger partial charge is 0.483 e. The van der Waals surface area contributed by atoms with Crippen molar-refractivity contribution in [3.63, 3.8) is 0 Å². The molecule has 1 heterocycles. The van der Waals surface area contributed by atoms with E-state index in [0.717, 1.165) is 42.7 Å². The van der Waals surface area contributed by atoms with Crippen molar-refractivity contribution in [1.82, 2.24) is 10.2 Å². The highest BCUT2D eigenvalue weighted by Crippen LogP contribution is 2.27. The normalized spacial score (nSPS) is 15.2. The lowest BCUT2D eigenvalue weighted by molar-refractivity contribution is -0.137. The quantitative estimate of drug-likeness (QED) is 0.812. The van der Waals surface area contributed by atoms with E-state index in [1.165, 1.54) is 0 Å². The van der Waals surface area contributed by atoms with E-state index in [1.807, 2.05) is 24.8 Å². The Kier molecular flexibility index (Phi) is 7.49. The van der Waals surface area contributed by atoms with Crippen LogP contribution >= 0.6 is 0 Å². The van der Waals surface area contributed by atoms with Gasteiger partial charge in [0.2, 0.25) is 5.91 Å². The van der Waals surface area contributed by atoms with Gasteiger partial charge in [-0.25, -0.2) is 0 Å². The molecule has 0 bridgehead atoms. The maximum Gasteiger partial charge on any atom is 0.260 e. The van der Waals surface area contributed by atoms with Gasteiger partial charge >= 0.3 is 0 Å². The van der Waals surface area contributed by atoms with Gasteiger partial charge in [0, 0.05) is 25.6 Å². The van der Waals surface area contributed by atoms with Crippen LogP contribution < -0.4 is 10.1 Å². The molecular formula is C21H32N2O3. The first-order valence-electron chi connectivity index (χ1n) is 9.71. The molecule has 5 nitrogen and oxygen atoms in total. The number of nitrogens with one attached hydrogen (secondary N) is 1. The monoisotopic (exact) mass is 360 g/mol. The summed E-state index contributed by atoms with van der Waals surface area (Å²) >= 11 is 0. The van der Waals surface area contributed by atoms with Gasteiger partial charge in [-0.3, -0.25) is 9.59 Å². The molecule has 1 aliphatic rings. The zero-order valence-corrected chi connectivity index (χ0v) is 16.5. The van der Waals surface area contributed by atoms with Crippen molar-refractivity contribution < 1.29 is 14.3 Å². The number of piperidine rings is 1. The molecule has 0 aliphatic carbocycles. The average Bonchev–Trinajstić information content (AvgIpc) is 2.64. The molecule has 0 aromatic heterocycles.